The number of benzene rings is 1. The molecule has 1 saturated heterocycles. The molecule has 3 N–H and O–H groups in total. The molecule has 2 aliphatic heterocycles. The van der Waals surface area contributed by atoms with Crippen LogP contribution in [0.3, 0.4) is 0 Å². The molecule has 0 radical (unpaired) electrons. The van der Waals surface area contributed by atoms with Gasteiger partial charge in [-0.3, -0.25) is 0 Å². The molecule has 1 aromatic carbocycles. The molecule has 2 atom stereocenters. The largest absolute Gasteiger partial charge is 0.504 e. The van der Waals surface area contributed by atoms with Gasteiger partial charge in [0.2, 0.25) is 10.0 Å². The van der Waals surface area contributed by atoms with Gasteiger partial charge >= 0.3 is 0 Å². The Hall–Kier alpha value is -2.41. The summed E-state index contributed by atoms with van der Waals surface area (Å²) in [6.45, 7) is 4.55. The summed E-state index contributed by atoms with van der Waals surface area (Å²) in [4.78, 5) is -0.303. The number of aryl methyl sites for hydroxylation is 1. The van der Waals surface area contributed by atoms with Crippen LogP contribution in [0.1, 0.15) is 43.7 Å². The van der Waals surface area contributed by atoms with Gasteiger partial charge in [-0.05, 0) is 50.5 Å². The zero-order valence-electron chi connectivity index (χ0n) is 18.0. The van der Waals surface area contributed by atoms with Gasteiger partial charge in [0.1, 0.15) is 16.4 Å². The molecule has 33 heavy (non-hydrogen) atoms. The van der Waals surface area contributed by atoms with E-state index in [4.69, 9.17) is 16.0 Å². The first-order valence-electron chi connectivity index (χ1n) is 10.4. The van der Waals surface area contributed by atoms with Crippen molar-refractivity contribution >= 4 is 50.2 Å². The van der Waals surface area contributed by atoms with Crippen LogP contribution in [0.5, 0.6) is 5.75 Å². The summed E-state index contributed by atoms with van der Waals surface area (Å²) in [5.41, 5.74) is 0.00862. The predicted molar refractivity (Wildman–Crippen MR) is 127 cm³/mol. The molecule has 3 heterocycles. The summed E-state index contributed by atoms with van der Waals surface area (Å²) in [6.07, 6.45) is 2.16. The number of nitrogens with zero attached hydrogens (tertiary/aromatic N) is 3. The van der Waals surface area contributed by atoms with Crippen LogP contribution in [-0.4, -0.2) is 46.8 Å². The molecule has 2 aliphatic rings. The molecular weight excluding hydrogens is 490 g/mol. The third-order valence-electron chi connectivity index (χ3n) is 5.36. The minimum absolute atomic E-state index is 0.00862. The van der Waals surface area contributed by atoms with E-state index in [1.807, 2.05) is 26.0 Å². The number of furan rings is 1. The van der Waals surface area contributed by atoms with Gasteiger partial charge in [-0.15, -0.1) is 8.80 Å². The van der Waals surface area contributed by atoms with Crippen LogP contribution in [0.15, 0.2) is 42.4 Å². The van der Waals surface area contributed by atoms with E-state index in [2.05, 4.69) is 19.4 Å². The molecule has 1 unspecified atom stereocenters. The fourth-order valence-corrected chi connectivity index (χ4v) is 6.24. The lowest BCUT2D eigenvalue weighted by Gasteiger charge is -2.20. The summed E-state index contributed by atoms with van der Waals surface area (Å²) < 4.78 is 53.0. The Morgan fingerprint density at radius 2 is 1.94 bits per heavy atom. The number of aromatic hydroxyl groups is 1. The average molecular weight is 514 g/mol. The topological polar surface area (TPSA) is 137 Å². The van der Waals surface area contributed by atoms with E-state index < -0.39 is 26.9 Å². The van der Waals surface area contributed by atoms with Crippen LogP contribution < -0.4 is 10.6 Å². The van der Waals surface area contributed by atoms with Crippen molar-refractivity contribution in [2.24, 2.45) is 8.80 Å². The number of phenols is 1. The Morgan fingerprint density at radius 1 is 1.24 bits per heavy atom. The van der Waals surface area contributed by atoms with Gasteiger partial charge in [0, 0.05) is 18.1 Å². The normalized spacial score (nSPS) is 19.9. The lowest BCUT2D eigenvalue weighted by molar-refractivity contribution is 0.424. The second-order valence-electron chi connectivity index (χ2n) is 7.70. The third kappa shape index (κ3) is 4.93. The Bertz CT molecular complexity index is 1250. The van der Waals surface area contributed by atoms with Crippen molar-refractivity contribution in [3.63, 3.8) is 0 Å². The molecule has 178 valence electrons. The zero-order chi connectivity index (χ0) is 23.8. The number of halogens is 1. The maximum Gasteiger partial charge on any atom is 0.269 e. The van der Waals surface area contributed by atoms with Gasteiger partial charge < -0.3 is 20.2 Å². The van der Waals surface area contributed by atoms with Gasteiger partial charge in [-0.2, -0.15) is 4.31 Å². The smallest absolute Gasteiger partial charge is 0.269 e. The van der Waals surface area contributed by atoms with Gasteiger partial charge in [0.15, 0.2) is 17.4 Å². The fraction of sp³-hybridized carbons (Fsp3) is 0.400. The standard InChI is InChI=1S/C20H24ClN5O5S2/c1-3-14(16-7-6-12(2)31-16)22-19-20(25-32(28)24-19)23-15-10-13(21)11-17(18(15)27)33(29,30)26-8-4-5-9-26/h6-7,10-11,14,27H,3-5,8-9H2,1-2H3,(H,22,24)(H,23,25)/t14-,32?/m1/s1. The van der Waals surface area contributed by atoms with Crippen LogP contribution in [0, 0.1) is 6.92 Å². The summed E-state index contributed by atoms with van der Waals surface area (Å²) in [5, 5.41) is 16.9. The second-order valence-corrected chi connectivity index (χ2v) is 10.9. The molecule has 0 saturated carbocycles. The highest BCUT2D eigenvalue weighted by Crippen LogP contribution is 2.37. The monoisotopic (exact) mass is 513 g/mol. The van der Waals surface area contributed by atoms with Gasteiger partial charge in [-0.25, -0.2) is 12.6 Å². The minimum atomic E-state index is -3.93. The van der Waals surface area contributed by atoms with Crippen LogP contribution in [-0.2, 0) is 21.2 Å². The van der Waals surface area contributed by atoms with E-state index in [0.29, 0.717) is 25.3 Å². The predicted octanol–water partition coefficient (Wildman–Crippen LogP) is 3.27. The highest BCUT2D eigenvalue weighted by Gasteiger charge is 2.32. The SMILES string of the molecule is CC[C@@H](NC1=NS(=O)N=C1Nc1cc(Cl)cc(S(=O)(=O)N2CCCC2)c1O)c1ccc(C)o1. The second kappa shape index (κ2) is 9.45. The van der Waals surface area contributed by atoms with E-state index in [1.165, 1.54) is 16.4 Å². The van der Waals surface area contributed by atoms with Crippen molar-refractivity contribution in [2.45, 2.75) is 44.0 Å². The number of sulfonamides is 1. The minimum Gasteiger partial charge on any atom is -0.504 e. The Balaban J connectivity index is 1.61. The molecule has 10 nitrogen and oxygen atoms in total. The van der Waals surface area contributed by atoms with Gasteiger partial charge in [0.25, 0.3) is 11.2 Å². The number of amidine groups is 2. The van der Waals surface area contributed by atoms with Crippen molar-refractivity contribution in [3.05, 3.63) is 40.8 Å². The lowest BCUT2D eigenvalue weighted by atomic mass is 10.1. The quantitative estimate of drug-likeness (QED) is 0.504. The Morgan fingerprint density at radius 3 is 2.58 bits per heavy atom. The molecular formula is C20H24ClN5O5S2. The van der Waals surface area contributed by atoms with Crippen molar-refractivity contribution < 1.29 is 22.2 Å². The van der Waals surface area contributed by atoms with Gasteiger partial charge in [0.05, 0.1) is 11.7 Å². The summed E-state index contributed by atoms with van der Waals surface area (Å²) in [6, 6.07) is 6.00. The maximum atomic E-state index is 13.0. The van der Waals surface area contributed by atoms with Crippen LogP contribution in [0.25, 0.3) is 0 Å². The fourth-order valence-electron chi connectivity index (χ4n) is 3.68. The lowest BCUT2D eigenvalue weighted by Crippen LogP contribution is -2.36. The molecule has 2 aromatic rings. The molecule has 13 heteroatoms. The van der Waals surface area contributed by atoms with Crippen LogP contribution in [0.4, 0.5) is 5.69 Å². The first-order valence-corrected chi connectivity index (χ1v) is 13.3. The van der Waals surface area contributed by atoms with Gasteiger partial charge in [-0.1, -0.05) is 18.5 Å². The van der Waals surface area contributed by atoms with Crippen molar-refractivity contribution in [1.29, 1.82) is 0 Å². The molecule has 4 rings (SSSR count). The number of nitrogens with one attached hydrogen (secondary N) is 2. The molecule has 0 aliphatic carbocycles. The van der Waals surface area contributed by atoms with Crippen molar-refractivity contribution in [2.75, 3.05) is 18.4 Å². The third-order valence-corrected chi connectivity index (χ3v) is 8.17. The van der Waals surface area contributed by atoms with E-state index >= 15 is 0 Å². The number of anilines is 1. The Labute approximate surface area is 199 Å². The van der Waals surface area contributed by atoms with E-state index in [9.17, 15) is 17.7 Å². The Kier molecular flexibility index (Phi) is 6.80. The maximum absolute atomic E-state index is 13.0. The highest BCUT2D eigenvalue weighted by atomic mass is 35.5. The molecule has 0 bridgehead atoms. The first kappa shape index (κ1) is 23.7. The number of hydrogen-bond donors (Lipinski definition) is 3. The van der Waals surface area contributed by atoms with Crippen molar-refractivity contribution in [3.8, 4) is 5.75 Å². The molecule has 0 spiro atoms. The van der Waals surface area contributed by atoms with Crippen LogP contribution in [0.2, 0.25) is 5.02 Å². The number of rotatable bonds is 6. The van der Waals surface area contributed by atoms with E-state index in [-0.39, 0.29) is 33.3 Å². The number of phenolic OH excluding ortho intramolecular Hbond substituents is 1. The van der Waals surface area contributed by atoms with E-state index in [0.717, 1.165) is 18.6 Å². The zero-order valence-corrected chi connectivity index (χ0v) is 20.4. The van der Waals surface area contributed by atoms with Crippen LogP contribution >= 0.6 is 11.6 Å². The molecule has 1 aromatic heterocycles. The first-order chi connectivity index (χ1) is 15.7. The molecule has 1 fully saturated rings. The summed E-state index contributed by atoms with van der Waals surface area (Å²) in [5.74, 6) is 1.21. The van der Waals surface area contributed by atoms with Crippen molar-refractivity contribution in [1.82, 2.24) is 9.62 Å². The summed E-state index contributed by atoms with van der Waals surface area (Å²) in [7, 11) is -3.93. The average Bonchev–Trinajstić information content (AvgIpc) is 3.51. The highest BCUT2D eigenvalue weighted by molar-refractivity contribution is 7.89. The summed E-state index contributed by atoms with van der Waals surface area (Å²) >= 11 is 4.30. The number of hydrogen-bond acceptors (Lipinski definition) is 7. The molecule has 0 amide bonds. The van der Waals surface area contributed by atoms with E-state index in [1.54, 1.807) is 0 Å².